The maximum absolute atomic E-state index is 12.4. The number of hydrogen-bond donors (Lipinski definition) is 0. The fourth-order valence-corrected chi connectivity index (χ4v) is 2.78. The van der Waals surface area contributed by atoms with E-state index in [2.05, 4.69) is 28.7 Å². The Labute approximate surface area is 142 Å². The van der Waals surface area contributed by atoms with Crippen molar-refractivity contribution in [3.8, 4) is 5.75 Å². The van der Waals surface area contributed by atoms with Crippen molar-refractivity contribution in [3.05, 3.63) is 69.9 Å². The minimum atomic E-state index is -0.0629. The first-order chi connectivity index (χ1) is 10.7. The number of ether oxygens (including phenoxy) is 1. The van der Waals surface area contributed by atoms with Gasteiger partial charge in [-0.1, -0.05) is 12.1 Å². The fraction of sp³-hybridized carbons (Fsp3) is 0.0556. The Morgan fingerprint density at radius 3 is 2.64 bits per heavy atom. The molecule has 110 valence electrons. The zero-order valence-electron chi connectivity index (χ0n) is 12.0. The predicted octanol–water partition coefficient (Wildman–Crippen LogP) is 4.61. The van der Waals surface area contributed by atoms with Gasteiger partial charge in [0, 0.05) is 21.2 Å². The molecule has 0 aliphatic heterocycles. The average Bonchev–Trinajstić information content (AvgIpc) is 2.96. The maximum atomic E-state index is 12.4. The van der Waals surface area contributed by atoms with Gasteiger partial charge in [0.05, 0.1) is 12.6 Å². The standard InChI is InChI=1S/C18H14INO2/c1-22-16-6-2-13(3-7-16)4-9-18(21)20-11-10-14-12-15(19)5-8-17(14)20/h2-12H,1H3/b9-4+. The third-order valence-electron chi connectivity index (χ3n) is 3.42. The largest absolute Gasteiger partial charge is 0.497 e. The summed E-state index contributed by atoms with van der Waals surface area (Å²) in [5, 5.41) is 1.07. The van der Waals surface area contributed by atoms with Gasteiger partial charge in [0.2, 0.25) is 0 Å². The summed E-state index contributed by atoms with van der Waals surface area (Å²) >= 11 is 2.27. The summed E-state index contributed by atoms with van der Waals surface area (Å²) < 4.78 is 7.93. The van der Waals surface area contributed by atoms with Crippen molar-refractivity contribution in [1.82, 2.24) is 4.57 Å². The van der Waals surface area contributed by atoms with E-state index in [-0.39, 0.29) is 5.91 Å². The first kappa shape index (κ1) is 14.8. The van der Waals surface area contributed by atoms with Gasteiger partial charge in [-0.3, -0.25) is 9.36 Å². The van der Waals surface area contributed by atoms with Crippen molar-refractivity contribution >= 4 is 45.5 Å². The van der Waals surface area contributed by atoms with Crippen LogP contribution in [-0.4, -0.2) is 17.6 Å². The van der Waals surface area contributed by atoms with E-state index in [0.717, 1.165) is 25.8 Å². The second kappa shape index (κ2) is 6.36. The summed E-state index contributed by atoms with van der Waals surface area (Å²) in [6.45, 7) is 0. The van der Waals surface area contributed by atoms with Gasteiger partial charge in [0.15, 0.2) is 0 Å². The summed E-state index contributed by atoms with van der Waals surface area (Å²) in [6, 6.07) is 15.6. The zero-order chi connectivity index (χ0) is 15.5. The SMILES string of the molecule is COc1ccc(/C=C/C(=O)n2ccc3cc(I)ccc32)cc1. The van der Waals surface area contributed by atoms with Crippen LogP contribution >= 0.6 is 22.6 Å². The number of aromatic nitrogens is 1. The van der Waals surface area contributed by atoms with Crippen LogP contribution in [0.1, 0.15) is 10.4 Å². The molecule has 0 spiro atoms. The summed E-state index contributed by atoms with van der Waals surface area (Å²) in [7, 11) is 1.63. The molecular formula is C18H14INO2. The molecule has 0 radical (unpaired) electrons. The van der Waals surface area contributed by atoms with Crippen molar-refractivity contribution in [2.45, 2.75) is 0 Å². The minimum Gasteiger partial charge on any atom is -0.497 e. The summed E-state index contributed by atoms with van der Waals surface area (Å²) in [5.41, 5.74) is 1.88. The van der Waals surface area contributed by atoms with Gasteiger partial charge < -0.3 is 4.74 Å². The van der Waals surface area contributed by atoms with Crippen LogP contribution < -0.4 is 4.74 Å². The number of nitrogens with zero attached hydrogens (tertiary/aromatic N) is 1. The number of rotatable bonds is 3. The van der Waals surface area contributed by atoms with Gasteiger partial charge in [-0.15, -0.1) is 0 Å². The first-order valence-corrected chi connectivity index (χ1v) is 7.88. The molecule has 3 aromatic rings. The van der Waals surface area contributed by atoms with Crippen molar-refractivity contribution < 1.29 is 9.53 Å². The monoisotopic (exact) mass is 403 g/mol. The number of carbonyl (C=O) groups excluding carboxylic acids is 1. The number of benzene rings is 2. The van der Waals surface area contributed by atoms with E-state index < -0.39 is 0 Å². The smallest absolute Gasteiger partial charge is 0.255 e. The number of allylic oxidation sites excluding steroid dienone is 1. The van der Waals surface area contributed by atoms with E-state index in [0.29, 0.717) is 0 Å². The molecule has 0 aliphatic rings. The lowest BCUT2D eigenvalue weighted by molar-refractivity contribution is 0.0975. The molecule has 1 heterocycles. The van der Waals surface area contributed by atoms with Crippen LogP contribution in [-0.2, 0) is 0 Å². The van der Waals surface area contributed by atoms with Gasteiger partial charge in [0.1, 0.15) is 5.75 Å². The molecule has 0 atom stereocenters. The fourth-order valence-electron chi connectivity index (χ4n) is 2.27. The van der Waals surface area contributed by atoms with Gasteiger partial charge in [-0.2, -0.15) is 0 Å². The quantitative estimate of drug-likeness (QED) is 0.473. The lowest BCUT2D eigenvalue weighted by Crippen LogP contribution is -2.04. The van der Waals surface area contributed by atoms with Gasteiger partial charge in [0.25, 0.3) is 5.91 Å². The molecule has 22 heavy (non-hydrogen) atoms. The predicted molar refractivity (Wildman–Crippen MR) is 97.3 cm³/mol. The van der Waals surface area contributed by atoms with E-state index in [1.807, 2.05) is 42.5 Å². The molecule has 1 aromatic heterocycles. The van der Waals surface area contributed by atoms with Crippen LogP contribution in [0.15, 0.2) is 60.8 Å². The normalized spacial score (nSPS) is 11.2. The lowest BCUT2D eigenvalue weighted by Gasteiger charge is -2.01. The lowest BCUT2D eigenvalue weighted by atomic mass is 10.2. The second-order valence-corrected chi connectivity index (χ2v) is 6.08. The maximum Gasteiger partial charge on any atom is 0.255 e. The Hall–Kier alpha value is -2.08. The van der Waals surface area contributed by atoms with E-state index in [1.54, 1.807) is 30.0 Å². The van der Waals surface area contributed by atoms with Crippen LogP contribution in [0, 0.1) is 3.57 Å². The van der Waals surface area contributed by atoms with Crippen molar-refractivity contribution in [1.29, 1.82) is 0 Å². The van der Waals surface area contributed by atoms with E-state index in [9.17, 15) is 4.79 Å². The second-order valence-electron chi connectivity index (χ2n) is 4.83. The van der Waals surface area contributed by atoms with E-state index in [4.69, 9.17) is 4.74 Å². The van der Waals surface area contributed by atoms with E-state index in [1.165, 1.54) is 0 Å². The third-order valence-corrected chi connectivity index (χ3v) is 4.09. The topological polar surface area (TPSA) is 31.2 Å². The number of halogens is 1. The summed E-state index contributed by atoms with van der Waals surface area (Å²) in [4.78, 5) is 12.4. The summed E-state index contributed by atoms with van der Waals surface area (Å²) in [5.74, 6) is 0.738. The number of methoxy groups -OCH3 is 1. The molecule has 0 aliphatic carbocycles. The molecule has 0 bridgehead atoms. The van der Waals surface area contributed by atoms with Crippen LogP contribution in [0.5, 0.6) is 5.75 Å². The van der Waals surface area contributed by atoms with Crippen LogP contribution in [0.3, 0.4) is 0 Å². The van der Waals surface area contributed by atoms with Crippen LogP contribution in [0.25, 0.3) is 17.0 Å². The highest BCUT2D eigenvalue weighted by molar-refractivity contribution is 14.1. The Balaban J connectivity index is 1.84. The zero-order valence-corrected chi connectivity index (χ0v) is 14.2. The molecule has 2 aromatic carbocycles. The highest BCUT2D eigenvalue weighted by Gasteiger charge is 2.06. The molecule has 0 amide bonds. The molecule has 4 heteroatoms. The molecule has 3 nitrogen and oxygen atoms in total. The Morgan fingerprint density at radius 2 is 1.91 bits per heavy atom. The average molecular weight is 403 g/mol. The Kier molecular flexibility index (Phi) is 4.29. The van der Waals surface area contributed by atoms with Crippen molar-refractivity contribution in [2.75, 3.05) is 7.11 Å². The van der Waals surface area contributed by atoms with E-state index >= 15 is 0 Å². The molecular weight excluding hydrogens is 389 g/mol. The number of fused-ring (bicyclic) bond motifs is 1. The third kappa shape index (κ3) is 3.06. The highest BCUT2D eigenvalue weighted by Crippen LogP contribution is 2.19. The van der Waals surface area contributed by atoms with Crippen LogP contribution in [0.2, 0.25) is 0 Å². The molecule has 0 N–H and O–H groups in total. The Morgan fingerprint density at radius 1 is 1.14 bits per heavy atom. The minimum absolute atomic E-state index is 0.0629. The molecule has 0 saturated carbocycles. The number of carbonyl (C=O) groups is 1. The first-order valence-electron chi connectivity index (χ1n) is 6.80. The number of hydrogen-bond acceptors (Lipinski definition) is 2. The molecule has 0 unspecified atom stereocenters. The van der Waals surface area contributed by atoms with Gasteiger partial charge in [-0.05, 0) is 70.6 Å². The molecule has 0 fully saturated rings. The Bertz CT molecular complexity index is 847. The van der Waals surface area contributed by atoms with Gasteiger partial charge >= 0.3 is 0 Å². The molecule has 0 saturated heterocycles. The summed E-state index contributed by atoms with van der Waals surface area (Å²) in [6.07, 6.45) is 5.20. The van der Waals surface area contributed by atoms with Crippen molar-refractivity contribution in [3.63, 3.8) is 0 Å². The van der Waals surface area contributed by atoms with Gasteiger partial charge in [-0.25, -0.2) is 0 Å². The molecule has 3 rings (SSSR count). The van der Waals surface area contributed by atoms with Crippen LogP contribution in [0.4, 0.5) is 0 Å². The highest BCUT2D eigenvalue weighted by atomic mass is 127. The van der Waals surface area contributed by atoms with Crippen molar-refractivity contribution in [2.24, 2.45) is 0 Å².